The molecular formula is C24H22F4N8O2. The van der Waals surface area contributed by atoms with Crippen LogP contribution in [0.25, 0.3) is 11.0 Å². The molecule has 0 spiro atoms. The minimum atomic E-state index is -3.07. The number of fused-ring (bicyclic) bond motifs is 1. The SMILES string of the molecule is Cn1cc(C(=O)Nc2ccc(N3CCN(Cc4ccc5nc(C(F)F)c(=O)[nH]c5c4F)CC3)c(F)n2)cn1. The van der Waals surface area contributed by atoms with Crippen molar-refractivity contribution in [3.05, 3.63) is 75.6 Å². The summed E-state index contributed by atoms with van der Waals surface area (Å²) in [7, 11) is 1.67. The molecule has 0 bridgehead atoms. The van der Waals surface area contributed by atoms with Gasteiger partial charge >= 0.3 is 0 Å². The molecule has 10 nitrogen and oxygen atoms in total. The van der Waals surface area contributed by atoms with Gasteiger partial charge in [0.25, 0.3) is 17.9 Å². The second-order valence-corrected chi connectivity index (χ2v) is 8.81. The van der Waals surface area contributed by atoms with Crippen LogP contribution < -0.4 is 15.8 Å². The number of anilines is 2. The van der Waals surface area contributed by atoms with Gasteiger partial charge in [-0.2, -0.15) is 9.49 Å². The highest BCUT2D eigenvalue weighted by Crippen LogP contribution is 2.24. The summed E-state index contributed by atoms with van der Waals surface area (Å²) in [6.45, 7) is 2.04. The number of hydrogen-bond donors (Lipinski definition) is 2. The third-order valence-corrected chi connectivity index (χ3v) is 6.26. The van der Waals surface area contributed by atoms with E-state index in [9.17, 15) is 22.8 Å². The lowest BCUT2D eigenvalue weighted by Crippen LogP contribution is -2.46. The predicted octanol–water partition coefficient (Wildman–Crippen LogP) is 2.84. The Balaban J connectivity index is 1.22. The molecule has 0 saturated carbocycles. The topological polar surface area (TPSA) is 112 Å². The molecule has 5 rings (SSSR count). The van der Waals surface area contributed by atoms with Crippen LogP contribution in [0.1, 0.15) is 28.0 Å². The van der Waals surface area contributed by atoms with Crippen LogP contribution in [0.4, 0.5) is 29.1 Å². The zero-order valence-electron chi connectivity index (χ0n) is 20.1. The molecule has 198 valence electrons. The van der Waals surface area contributed by atoms with E-state index in [1.807, 2.05) is 4.90 Å². The van der Waals surface area contributed by atoms with Crippen molar-refractivity contribution < 1.29 is 22.4 Å². The molecule has 3 aromatic heterocycles. The number of piperazine rings is 1. The second-order valence-electron chi connectivity index (χ2n) is 8.81. The number of hydrogen-bond acceptors (Lipinski definition) is 7. The number of carbonyl (C=O) groups excluding carboxylic acids is 1. The maximum atomic E-state index is 15.0. The molecule has 1 amide bonds. The smallest absolute Gasteiger partial charge is 0.285 e. The minimum absolute atomic E-state index is 0.0611. The summed E-state index contributed by atoms with van der Waals surface area (Å²) in [6, 6.07) is 5.89. The maximum Gasteiger partial charge on any atom is 0.285 e. The van der Waals surface area contributed by atoms with E-state index < -0.39 is 35.4 Å². The van der Waals surface area contributed by atoms with Gasteiger partial charge in [0.05, 0.1) is 23.0 Å². The lowest BCUT2D eigenvalue weighted by molar-refractivity contribution is 0.102. The van der Waals surface area contributed by atoms with E-state index in [-0.39, 0.29) is 34.6 Å². The summed E-state index contributed by atoms with van der Waals surface area (Å²) in [5.74, 6) is -1.85. The zero-order chi connectivity index (χ0) is 27.0. The summed E-state index contributed by atoms with van der Waals surface area (Å²) in [5.41, 5.74) is -1.50. The van der Waals surface area contributed by atoms with Crippen LogP contribution in [0.15, 0.2) is 41.5 Å². The third-order valence-electron chi connectivity index (χ3n) is 6.26. The van der Waals surface area contributed by atoms with Crippen LogP contribution in [0, 0.1) is 11.8 Å². The van der Waals surface area contributed by atoms with E-state index >= 15 is 4.39 Å². The summed E-state index contributed by atoms with van der Waals surface area (Å²) in [4.78, 5) is 37.4. The number of nitrogens with one attached hydrogen (secondary N) is 2. The monoisotopic (exact) mass is 530 g/mol. The van der Waals surface area contributed by atoms with Gasteiger partial charge in [0.15, 0.2) is 11.5 Å². The van der Waals surface area contributed by atoms with Gasteiger partial charge in [-0.05, 0) is 18.2 Å². The van der Waals surface area contributed by atoms with Gasteiger partial charge in [0.1, 0.15) is 11.3 Å². The number of pyridine rings is 1. The van der Waals surface area contributed by atoms with Crippen LogP contribution >= 0.6 is 0 Å². The van der Waals surface area contributed by atoms with Crippen molar-refractivity contribution in [1.29, 1.82) is 0 Å². The molecule has 14 heteroatoms. The molecule has 0 radical (unpaired) electrons. The van der Waals surface area contributed by atoms with Crippen LogP contribution in [-0.2, 0) is 13.6 Å². The highest BCUT2D eigenvalue weighted by Gasteiger charge is 2.23. The summed E-state index contributed by atoms with van der Waals surface area (Å²) in [6.07, 6.45) is -0.144. The number of nitrogens with zero attached hydrogens (tertiary/aromatic N) is 6. The van der Waals surface area contributed by atoms with E-state index in [0.717, 1.165) is 0 Å². The van der Waals surface area contributed by atoms with Gasteiger partial charge in [0.2, 0.25) is 5.95 Å². The zero-order valence-corrected chi connectivity index (χ0v) is 20.1. The molecule has 1 aliphatic rings. The number of H-pyrrole nitrogens is 1. The van der Waals surface area contributed by atoms with E-state index in [0.29, 0.717) is 31.7 Å². The molecule has 38 heavy (non-hydrogen) atoms. The van der Waals surface area contributed by atoms with Gasteiger partial charge in [-0.1, -0.05) is 6.07 Å². The first-order chi connectivity index (χ1) is 18.2. The molecule has 4 aromatic rings. The third kappa shape index (κ3) is 5.07. The number of aromatic amines is 1. The van der Waals surface area contributed by atoms with Gasteiger partial charge in [0, 0.05) is 51.5 Å². The average Bonchev–Trinajstić information content (AvgIpc) is 3.33. The standard InChI is InChI=1S/C24H22F4N8O2/c1-34-11-14(10-29-34)23(37)32-17-5-4-16(22(28)31-17)36-8-6-35(7-9-36)12-13-2-3-15-19(18(13)25)33-24(38)20(30-15)21(26)27/h2-5,10-11,21H,6-9,12H2,1H3,(H,33,38)(H,31,32,37). The van der Waals surface area contributed by atoms with Crippen molar-refractivity contribution in [2.45, 2.75) is 13.0 Å². The maximum absolute atomic E-state index is 15.0. The van der Waals surface area contributed by atoms with E-state index in [2.05, 4.69) is 25.4 Å². The average molecular weight is 530 g/mol. The number of carbonyl (C=O) groups is 1. The normalized spacial score (nSPS) is 14.4. The first-order valence-electron chi connectivity index (χ1n) is 11.6. The Morgan fingerprint density at radius 1 is 1.11 bits per heavy atom. The van der Waals surface area contributed by atoms with Crippen LogP contribution in [-0.4, -0.2) is 61.7 Å². The van der Waals surface area contributed by atoms with Crippen molar-refractivity contribution in [3.8, 4) is 0 Å². The molecule has 0 aliphatic carbocycles. The van der Waals surface area contributed by atoms with Crippen LogP contribution in [0.5, 0.6) is 0 Å². The van der Waals surface area contributed by atoms with E-state index in [4.69, 9.17) is 0 Å². The van der Waals surface area contributed by atoms with Crippen LogP contribution in [0.3, 0.4) is 0 Å². The first-order valence-corrected chi connectivity index (χ1v) is 11.6. The lowest BCUT2D eigenvalue weighted by atomic mass is 10.1. The number of benzene rings is 1. The largest absolute Gasteiger partial charge is 0.365 e. The summed E-state index contributed by atoms with van der Waals surface area (Å²) >= 11 is 0. The van der Waals surface area contributed by atoms with Crippen molar-refractivity contribution in [2.75, 3.05) is 36.4 Å². The Bertz CT molecular complexity index is 1560. The number of aromatic nitrogens is 5. The molecular weight excluding hydrogens is 508 g/mol. The molecule has 2 N–H and O–H groups in total. The fraction of sp³-hybridized carbons (Fsp3) is 0.292. The summed E-state index contributed by atoms with van der Waals surface area (Å²) < 4.78 is 57.1. The van der Waals surface area contributed by atoms with Gasteiger partial charge in [-0.15, -0.1) is 0 Å². The lowest BCUT2D eigenvalue weighted by Gasteiger charge is -2.36. The van der Waals surface area contributed by atoms with Crippen molar-refractivity contribution >= 4 is 28.4 Å². The van der Waals surface area contributed by atoms with Gasteiger partial charge in [-0.3, -0.25) is 19.2 Å². The molecule has 0 atom stereocenters. The molecule has 1 fully saturated rings. The van der Waals surface area contributed by atoms with Gasteiger partial charge in [-0.25, -0.2) is 23.1 Å². The first kappa shape index (κ1) is 25.3. The number of rotatable bonds is 6. The van der Waals surface area contributed by atoms with Crippen LogP contribution in [0.2, 0.25) is 0 Å². The molecule has 0 unspecified atom stereocenters. The minimum Gasteiger partial charge on any atom is -0.365 e. The number of aryl methyl sites for hydroxylation is 1. The molecule has 1 aromatic carbocycles. The molecule has 1 aliphatic heterocycles. The second kappa shape index (κ2) is 10.2. The quantitative estimate of drug-likeness (QED) is 0.291. The molecule has 4 heterocycles. The number of amides is 1. The Morgan fingerprint density at radius 3 is 2.53 bits per heavy atom. The highest BCUT2D eigenvalue weighted by molar-refractivity contribution is 6.03. The Labute approximate surface area is 212 Å². The van der Waals surface area contributed by atoms with E-state index in [1.165, 1.54) is 41.3 Å². The van der Waals surface area contributed by atoms with Crippen molar-refractivity contribution in [3.63, 3.8) is 0 Å². The fourth-order valence-electron chi connectivity index (χ4n) is 4.30. The summed E-state index contributed by atoms with van der Waals surface area (Å²) in [5, 5.41) is 6.46. The Morgan fingerprint density at radius 2 is 1.87 bits per heavy atom. The van der Waals surface area contributed by atoms with E-state index in [1.54, 1.807) is 11.9 Å². The Hall–Kier alpha value is -4.33. The van der Waals surface area contributed by atoms with Crippen molar-refractivity contribution in [2.24, 2.45) is 7.05 Å². The Kier molecular flexibility index (Phi) is 6.80. The van der Waals surface area contributed by atoms with Gasteiger partial charge < -0.3 is 15.2 Å². The number of alkyl halides is 2. The molecule has 1 saturated heterocycles. The highest BCUT2D eigenvalue weighted by atomic mass is 19.3. The fourth-order valence-corrected chi connectivity index (χ4v) is 4.30. The predicted molar refractivity (Wildman–Crippen MR) is 130 cm³/mol. The number of halogens is 4. The van der Waals surface area contributed by atoms with Crippen molar-refractivity contribution in [1.82, 2.24) is 29.6 Å².